The standard InChI is InChI=1S/C16H18Cl2O4/c1-2-3-4-5-9-6-10-7-11(22-8-12(19)20)14(17)15(18)13(10)16(9)21/h7,9H,2-6,8H2,1H3,(H,19,20). The van der Waals surface area contributed by atoms with Gasteiger partial charge in [0.15, 0.2) is 12.4 Å². The van der Waals surface area contributed by atoms with Crippen LogP contribution >= 0.6 is 23.2 Å². The minimum absolute atomic E-state index is 0.0304. The summed E-state index contributed by atoms with van der Waals surface area (Å²) in [6.07, 6.45) is 4.66. The number of hydrogen-bond donors (Lipinski definition) is 1. The van der Waals surface area contributed by atoms with Crippen LogP contribution in [0.15, 0.2) is 6.07 Å². The van der Waals surface area contributed by atoms with Crippen LogP contribution in [0.1, 0.15) is 48.5 Å². The number of rotatable bonds is 7. The number of halogens is 2. The van der Waals surface area contributed by atoms with Crippen LogP contribution in [0.3, 0.4) is 0 Å². The Labute approximate surface area is 139 Å². The van der Waals surface area contributed by atoms with Crippen molar-refractivity contribution in [1.29, 1.82) is 0 Å². The van der Waals surface area contributed by atoms with Crippen molar-refractivity contribution in [2.24, 2.45) is 5.92 Å². The number of carboxylic acid groups (broad SMARTS) is 1. The number of unbranched alkanes of at least 4 members (excludes halogenated alkanes) is 2. The second kappa shape index (κ2) is 7.34. The SMILES string of the molecule is CCCCCC1Cc2cc(OCC(=O)O)c(Cl)c(Cl)c2C1=O. The van der Waals surface area contributed by atoms with Crippen molar-refractivity contribution >= 4 is 35.0 Å². The highest BCUT2D eigenvalue weighted by molar-refractivity contribution is 6.45. The molecule has 0 bridgehead atoms. The van der Waals surface area contributed by atoms with Crippen molar-refractivity contribution in [3.05, 3.63) is 27.2 Å². The molecule has 1 aromatic rings. The summed E-state index contributed by atoms with van der Waals surface area (Å²) in [5.74, 6) is -0.913. The maximum Gasteiger partial charge on any atom is 0.341 e. The quantitative estimate of drug-likeness (QED) is 0.745. The molecule has 0 aliphatic heterocycles. The van der Waals surface area contributed by atoms with Gasteiger partial charge < -0.3 is 9.84 Å². The van der Waals surface area contributed by atoms with E-state index in [2.05, 4.69) is 6.92 Å². The van der Waals surface area contributed by atoms with Gasteiger partial charge in [0.2, 0.25) is 0 Å². The molecule has 120 valence electrons. The molecule has 1 unspecified atom stereocenters. The van der Waals surface area contributed by atoms with Gasteiger partial charge in [0.05, 0.1) is 5.02 Å². The Kier molecular flexibility index (Phi) is 5.70. The zero-order chi connectivity index (χ0) is 16.3. The largest absolute Gasteiger partial charge is 0.480 e. The third-order valence-electron chi connectivity index (χ3n) is 3.85. The van der Waals surface area contributed by atoms with E-state index in [1.807, 2.05) is 0 Å². The van der Waals surface area contributed by atoms with Crippen LogP contribution in [0, 0.1) is 5.92 Å². The molecule has 1 N–H and O–H groups in total. The summed E-state index contributed by atoms with van der Waals surface area (Å²) >= 11 is 12.3. The molecular weight excluding hydrogens is 327 g/mol. The zero-order valence-electron chi connectivity index (χ0n) is 12.3. The first kappa shape index (κ1) is 17.1. The first-order valence-electron chi connectivity index (χ1n) is 7.35. The summed E-state index contributed by atoms with van der Waals surface area (Å²) in [5.41, 5.74) is 1.26. The number of ether oxygens (including phenoxy) is 1. The van der Waals surface area contributed by atoms with Gasteiger partial charge in [0.25, 0.3) is 0 Å². The Balaban J connectivity index is 2.22. The molecule has 0 radical (unpaired) electrons. The monoisotopic (exact) mass is 344 g/mol. The molecule has 0 saturated carbocycles. The van der Waals surface area contributed by atoms with Crippen molar-refractivity contribution in [1.82, 2.24) is 0 Å². The van der Waals surface area contributed by atoms with Gasteiger partial charge in [-0.05, 0) is 24.5 Å². The normalized spacial score (nSPS) is 16.7. The van der Waals surface area contributed by atoms with Crippen molar-refractivity contribution in [3.63, 3.8) is 0 Å². The number of benzene rings is 1. The van der Waals surface area contributed by atoms with Gasteiger partial charge in [-0.25, -0.2) is 4.79 Å². The Bertz CT molecular complexity index is 598. The lowest BCUT2D eigenvalue weighted by atomic mass is 9.97. The van der Waals surface area contributed by atoms with Crippen LogP contribution in [0.2, 0.25) is 10.0 Å². The van der Waals surface area contributed by atoms with Gasteiger partial charge in [-0.15, -0.1) is 0 Å². The smallest absolute Gasteiger partial charge is 0.341 e. The van der Waals surface area contributed by atoms with E-state index in [4.69, 9.17) is 33.0 Å². The topological polar surface area (TPSA) is 63.6 Å². The van der Waals surface area contributed by atoms with Crippen LogP contribution < -0.4 is 4.74 Å². The van der Waals surface area contributed by atoms with Gasteiger partial charge in [-0.2, -0.15) is 0 Å². The number of Topliss-reactive ketones (excluding diaryl/α,β-unsaturated/α-hetero) is 1. The van der Waals surface area contributed by atoms with Gasteiger partial charge in [0.1, 0.15) is 10.8 Å². The summed E-state index contributed by atoms with van der Waals surface area (Å²) in [4.78, 5) is 23.1. The number of carbonyl (C=O) groups excluding carboxylic acids is 1. The lowest BCUT2D eigenvalue weighted by Gasteiger charge is -2.10. The van der Waals surface area contributed by atoms with E-state index >= 15 is 0 Å². The zero-order valence-corrected chi connectivity index (χ0v) is 13.8. The van der Waals surface area contributed by atoms with Gasteiger partial charge in [0, 0.05) is 11.5 Å². The van der Waals surface area contributed by atoms with Crippen molar-refractivity contribution < 1.29 is 19.4 Å². The molecule has 0 heterocycles. The first-order valence-corrected chi connectivity index (χ1v) is 8.11. The summed E-state index contributed by atoms with van der Waals surface area (Å²) in [7, 11) is 0. The molecule has 1 aromatic carbocycles. The molecule has 6 heteroatoms. The number of fused-ring (bicyclic) bond motifs is 1. The fraction of sp³-hybridized carbons (Fsp3) is 0.500. The Hall–Kier alpha value is -1.26. The number of aliphatic carboxylic acids is 1. The number of ketones is 1. The molecule has 1 atom stereocenters. The van der Waals surface area contributed by atoms with Gasteiger partial charge in [-0.3, -0.25) is 4.79 Å². The Morgan fingerprint density at radius 1 is 1.36 bits per heavy atom. The van der Waals surface area contributed by atoms with Crippen LogP contribution in [-0.2, 0) is 11.2 Å². The first-order chi connectivity index (χ1) is 10.5. The van der Waals surface area contributed by atoms with E-state index in [1.165, 1.54) is 0 Å². The molecule has 22 heavy (non-hydrogen) atoms. The van der Waals surface area contributed by atoms with Gasteiger partial charge in [-0.1, -0.05) is 49.4 Å². The second-order valence-electron chi connectivity index (χ2n) is 5.48. The minimum atomic E-state index is -1.10. The molecule has 4 nitrogen and oxygen atoms in total. The molecule has 1 aliphatic rings. The molecular formula is C16H18Cl2O4. The van der Waals surface area contributed by atoms with Crippen LogP contribution in [0.5, 0.6) is 5.75 Å². The van der Waals surface area contributed by atoms with Crippen molar-refractivity contribution in [2.75, 3.05) is 6.61 Å². The third kappa shape index (κ3) is 3.55. The van der Waals surface area contributed by atoms with E-state index < -0.39 is 12.6 Å². The van der Waals surface area contributed by atoms with Crippen LogP contribution in [0.4, 0.5) is 0 Å². The van der Waals surface area contributed by atoms with Crippen molar-refractivity contribution in [3.8, 4) is 5.75 Å². The lowest BCUT2D eigenvalue weighted by molar-refractivity contribution is -0.139. The molecule has 0 spiro atoms. The minimum Gasteiger partial charge on any atom is -0.480 e. The Morgan fingerprint density at radius 2 is 2.09 bits per heavy atom. The molecule has 1 aliphatic carbocycles. The predicted molar refractivity (Wildman–Crippen MR) is 85.3 cm³/mol. The van der Waals surface area contributed by atoms with E-state index in [-0.39, 0.29) is 27.5 Å². The summed E-state index contributed by atoms with van der Waals surface area (Å²) in [6.45, 7) is 1.62. The maximum atomic E-state index is 12.5. The van der Waals surface area contributed by atoms with E-state index in [0.717, 1.165) is 31.2 Å². The third-order valence-corrected chi connectivity index (χ3v) is 4.70. The highest BCUT2D eigenvalue weighted by atomic mass is 35.5. The molecule has 2 rings (SSSR count). The number of hydrogen-bond acceptors (Lipinski definition) is 3. The van der Waals surface area contributed by atoms with E-state index in [9.17, 15) is 9.59 Å². The van der Waals surface area contributed by atoms with Gasteiger partial charge >= 0.3 is 5.97 Å². The van der Waals surface area contributed by atoms with Crippen molar-refractivity contribution in [2.45, 2.75) is 39.0 Å². The maximum absolute atomic E-state index is 12.5. The van der Waals surface area contributed by atoms with Crippen LogP contribution in [0.25, 0.3) is 0 Å². The number of carboxylic acids is 1. The fourth-order valence-electron chi connectivity index (χ4n) is 2.76. The lowest BCUT2D eigenvalue weighted by Crippen LogP contribution is -2.10. The summed E-state index contributed by atoms with van der Waals surface area (Å²) in [6, 6.07) is 1.64. The van der Waals surface area contributed by atoms with E-state index in [1.54, 1.807) is 6.07 Å². The van der Waals surface area contributed by atoms with Crippen LogP contribution in [-0.4, -0.2) is 23.5 Å². The Morgan fingerprint density at radius 3 is 2.73 bits per heavy atom. The molecule has 0 amide bonds. The average molecular weight is 345 g/mol. The second-order valence-corrected chi connectivity index (χ2v) is 6.24. The molecule has 0 saturated heterocycles. The summed E-state index contributed by atoms with van der Waals surface area (Å²) in [5, 5.41) is 8.95. The fourth-order valence-corrected chi connectivity index (χ4v) is 3.27. The molecule has 0 fully saturated rings. The highest BCUT2D eigenvalue weighted by Crippen LogP contribution is 2.43. The highest BCUT2D eigenvalue weighted by Gasteiger charge is 2.34. The predicted octanol–water partition coefficient (Wildman–Crippen LogP) is 4.39. The number of carbonyl (C=O) groups is 2. The molecule has 0 aromatic heterocycles. The average Bonchev–Trinajstić information content (AvgIpc) is 2.78. The summed E-state index contributed by atoms with van der Waals surface area (Å²) < 4.78 is 5.15. The van der Waals surface area contributed by atoms with E-state index in [0.29, 0.717) is 12.0 Å².